The molecule has 2 atom stereocenters. The van der Waals surface area contributed by atoms with Crippen LogP contribution in [-0.2, 0) is 33.3 Å². The SMILES string of the molecule is CC/C=C\C/C=C\C/C=C\C/C=C\C/C=C\C/C=C\C/C=C\C/C=C\C/C=C\CCCC(=O)OC(COC(=O)CCCCCCCCCCCCCCCCC/C=C\C/C=C\C/C=C\C/C=C\C/C=C\CC)COC(OCC[N+](C)(C)C)C(=O)[O-]. The van der Waals surface area contributed by atoms with Gasteiger partial charge >= 0.3 is 11.9 Å². The molecule has 85 heavy (non-hydrogen) atoms. The molecule has 0 aliphatic heterocycles. The van der Waals surface area contributed by atoms with Crippen LogP contribution in [0.3, 0.4) is 0 Å². The van der Waals surface area contributed by atoms with Crippen molar-refractivity contribution in [3.8, 4) is 0 Å². The molecule has 9 heteroatoms. The van der Waals surface area contributed by atoms with Gasteiger partial charge in [0.25, 0.3) is 0 Å². The Morgan fingerprint density at radius 3 is 0.976 bits per heavy atom. The fourth-order valence-electron chi connectivity index (χ4n) is 8.45. The number of unbranched alkanes of at least 4 members (excludes halogenated alkanes) is 16. The summed E-state index contributed by atoms with van der Waals surface area (Å²) in [4.78, 5) is 37.4. The first-order valence-electron chi connectivity index (χ1n) is 33.3. The second-order valence-corrected chi connectivity index (χ2v) is 22.6. The van der Waals surface area contributed by atoms with Gasteiger partial charge in [-0.1, -0.05) is 267 Å². The van der Waals surface area contributed by atoms with E-state index in [9.17, 15) is 19.5 Å². The summed E-state index contributed by atoms with van der Waals surface area (Å²) in [5, 5.41) is 11.8. The maximum atomic E-state index is 12.9. The van der Waals surface area contributed by atoms with Crippen LogP contribution in [0, 0.1) is 0 Å². The summed E-state index contributed by atoms with van der Waals surface area (Å²) in [7, 11) is 5.90. The third kappa shape index (κ3) is 66.0. The molecule has 0 saturated heterocycles. The highest BCUT2D eigenvalue weighted by molar-refractivity contribution is 5.70. The molecule has 0 fully saturated rings. The number of aliphatic carboxylic acids is 1. The van der Waals surface area contributed by atoms with E-state index in [0.717, 1.165) is 109 Å². The van der Waals surface area contributed by atoms with Gasteiger partial charge in [0.2, 0.25) is 0 Å². The second kappa shape index (κ2) is 64.6. The van der Waals surface area contributed by atoms with E-state index in [4.69, 9.17) is 18.9 Å². The van der Waals surface area contributed by atoms with Gasteiger partial charge in [-0.2, -0.15) is 0 Å². The lowest BCUT2D eigenvalue weighted by molar-refractivity contribution is -0.870. The van der Waals surface area contributed by atoms with Crippen molar-refractivity contribution in [1.82, 2.24) is 0 Å². The molecule has 0 heterocycles. The number of carbonyl (C=O) groups excluding carboxylic acids is 3. The van der Waals surface area contributed by atoms with E-state index in [2.05, 4.69) is 184 Å². The Balaban J connectivity index is 4.29. The van der Waals surface area contributed by atoms with E-state index < -0.39 is 24.3 Å². The smallest absolute Gasteiger partial charge is 0.306 e. The quantitative estimate of drug-likeness (QED) is 0.0195. The van der Waals surface area contributed by atoms with E-state index in [-0.39, 0.29) is 38.6 Å². The molecule has 2 unspecified atom stereocenters. The molecule has 478 valence electrons. The summed E-state index contributed by atoms with van der Waals surface area (Å²) in [5.41, 5.74) is 0. The normalized spacial score (nSPS) is 13.8. The average molecular weight is 1180 g/mol. The zero-order valence-corrected chi connectivity index (χ0v) is 54.4. The zero-order valence-electron chi connectivity index (χ0n) is 54.4. The highest BCUT2D eigenvalue weighted by Gasteiger charge is 2.22. The van der Waals surface area contributed by atoms with Gasteiger partial charge < -0.3 is 33.3 Å². The van der Waals surface area contributed by atoms with Crippen LogP contribution in [0.25, 0.3) is 0 Å². The van der Waals surface area contributed by atoms with Crippen molar-refractivity contribution in [1.29, 1.82) is 0 Å². The number of quaternary nitrogens is 1. The molecule has 0 aliphatic rings. The van der Waals surface area contributed by atoms with Crippen LogP contribution in [-0.4, -0.2) is 82.3 Å². The summed E-state index contributed by atoms with van der Waals surface area (Å²) >= 11 is 0. The fraction of sp³-hybridized carbons (Fsp3) is 0.592. The topological polar surface area (TPSA) is 111 Å². The highest BCUT2D eigenvalue weighted by atomic mass is 16.7. The van der Waals surface area contributed by atoms with Crippen LogP contribution in [0.15, 0.2) is 170 Å². The van der Waals surface area contributed by atoms with E-state index in [1.165, 1.54) is 83.5 Å². The number of likely N-dealkylation sites (N-methyl/N-ethyl adjacent to an activating group) is 1. The molecule has 9 nitrogen and oxygen atoms in total. The summed E-state index contributed by atoms with van der Waals surface area (Å²) in [6, 6.07) is 0. The monoisotopic (exact) mass is 1180 g/mol. The number of carbonyl (C=O) groups is 3. The highest BCUT2D eigenvalue weighted by Crippen LogP contribution is 2.15. The summed E-state index contributed by atoms with van der Waals surface area (Å²) in [6.45, 7) is 4.44. The number of nitrogens with zero attached hydrogens (tertiary/aromatic N) is 1. The minimum atomic E-state index is -1.65. The van der Waals surface area contributed by atoms with E-state index >= 15 is 0 Å². The van der Waals surface area contributed by atoms with Crippen LogP contribution in [0.2, 0.25) is 0 Å². The molecule has 0 radical (unpaired) electrons. The molecule has 0 amide bonds. The van der Waals surface area contributed by atoms with Crippen LogP contribution in [0.1, 0.15) is 232 Å². The van der Waals surface area contributed by atoms with Crippen molar-refractivity contribution in [2.75, 3.05) is 47.5 Å². The Hall–Kier alpha value is -5.35. The Labute approximate surface area is 520 Å². The number of rotatable bonds is 59. The average Bonchev–Trinajstić information content (AvgIpc) is 3.48. The maximum Gasteiger partial charge on any atom is 0.306 e. The number of hydrogen-bond acceptors (Lipinski definition) is 8. The van der Waals surface area contributed by atoms with E-state index in [1.54, 1.807) is 0 Å². The second-order valence-electron chi connectivity index (χ2n) is 22.6. The Morgan fingerprint density at radius 2 is 0.647 bits per heavy atom. The zero-order chi connectivity index (χ0) is 61.9. The van der Waals surface area contributed by atoms with Gasteiger partial charge in [-0.15, -0.1) is 0 Å². The van der Waals surface area contributed by atoms with Crippen molar-refractivity contribution in [2.24, 2.45) is 0 Å². The third-order valence-electron chi connectivity index (χ3n) is 13.5. The molecule has 0 N–H and O–H groups in total. The molecule has 0 spiro atoms. The van der Waals surface area contributed by atoms with Gasteiger partial charge in [-0.05, 0) is 122 Å². The molecule has 0 aromatic heterocycles. The number of allylic oxidation sites excluding steroid dienone is 28. The number of esters is 2. The number of carboxylic acids is 1. The van der Waals surface area contributed by atoms with E-state index in [0.29, 0.717) is 23.9 Å². The molecular formula is C76H121NO8. The Morgan fingerprint density at radius 1 is 0.353 bits per heavy atom. The van der Waals surface area contributed by atoms with E-state index in [1.807, 2.05) is 21.1 Å². The predicted molar refractivity (Wildman–Crippen MR) is 361 cm³/mol. The predicted octanol–water partition coefficient (Wildman–Crippen LogP) is 19.3. The van der Waals surface area contributed by atoms with Crippen molar-refractivity contribution < 1.29 is 42.9 Å². The summed E-state index contributed by atoms with van der Waals surface area (Å²) in [6.07, 6.45) is 94.3. The van der Waals surface area contributed by atoms with Crippen LogP contribution in [0.5, 0.6) is 0 Å². The van der Waals surface area contributed by atoms with Gasteiger partial charge in [-0.25, -0.2) is 0 Å². The lowest BCUT2D eigenvalue weighted by atomic mass is 10.0. The minimum absolute atomic E-state index is 0.128. The molecule has 0 aromatic carbocycles. The van der Waals surface area contributed by atoms with Crippen LogP contribution < -0.4 is 5.11 Å². The number of ether oxygens (including phenoxy) is 4. The van der Waals surface area contributed by atoms with Crippen molar-refractivity contribution in [3.63, 3.8) is 0 Å². The molecule has 0 aliphatic carbocycles. The third-order valence-corrected chi connectivity index (χ3v) is 13.5. The molecule has 0 aromatic rings. The van der Waals surface area contributed by atoms with Gasteiger partial charge in [0, 0.05) is 12.8 Å². The molecular weight excluding hydrogens is 1050 g/mol. The Kier molecular flexibility index (Phi) is 60.6. The van der Waals surface area contributed by atoms with Crippen LogP contribution in [0.4, 0.5) is 0 Å². The molecule has 0 bridgehead atoms. The lowest BCUT2D eigenvalue weighted by Gasteiger charge is -2.26. The largest absolute Gasteiger partial charge is 0.545 e. The molecule has 0 rings (SSSR count). The van der Waals surface area contributed by atoms with Gasteiger partial charge in [0.05, 0.1) is 40.3 Å². The fourth-order valence-corrected chi connectivity index (χ4v) is 8.45. The standard InChI is InChI=1S/C76H121NO8/c1-6-8-10-12-14-16-18-20-22-24-26-28-30-32-34-36-37-39-40-42-44-46-48-50-52-54-56-58-60-62-64-66-73(78)83-70-72(71-84-76(75(80)81)82-69-68-77(3,4)5)85-74(79)67-65-63-61-59-57-55-53-51-49-47-45-43-41-38-35-33-31-29-27-25-23-21-19-17-15-13-11-9-7-2/h8-11,14-17,20-23,26-29,32-35,41,43,47,49,53,55,59,61,72,76H,6-7,12-13,18-19,24-25,30-31,36-40,42,44-46,48,50-52,54,56-58,60,62-71H2,1-5H3/b10-8-,11-9-,16-14-,17-15-,22-20-,23-21-,28-26-,29-27-,34-32-,35-33-,43-41-,49-47-,55-53-,61-59-. The minimum Gasteiger partial charge on any atom is -0.545 e. The van der Waals surface area contributed by atoms with Crippen molar-refractivity contribution in [3.05, 3.63) is 170 Å². The first-order chi connectivity index (χ1) is 41.6. The first kappa shape index (κ1) is 79.7. The Bertz CT molecular complexity index is 2000. The number of hydrogen-bond donors (Lipinski definition) is 0. The van der Waals surface area contributed by atoms with Gasteiger partial charge in [0.1, 0.15) is 13.2 Å². The lowest BCUT2D eigenvalue weighted by Crippen LogP contribution is -2.44. The van der Waals surface area contributed by atoms with Crippen LogP contribution >= 0.6 is 0 Å². The van der Waals surface area contributed by atoms with Gasteiger partial charge in [-0.3, -0.25) is 9.59 Å². The maximum absolute atomic E-state index is 12.9. The number of carboxylic acid groups (broad SMARTS) is 1. The molecule has 0 saturated carbocycles. The first-order valence-corrected chi connectivity index (χ1v) is 33.3. The summed E-state index contributed by atoms with van der Waals surface area (Å²) < 4.78 is 22.7. The summed E-state index contributed by atoms with van der Waals surface area (Å²) in [5.74, 6) is -2.38. The van der Waals surface area contributed by atoms with Crippen molar-refractivity contribution >= 4 is 17.9 Å². The van der Waals surface area contributed by atoms with Gasteiger partial charge in [0.15, 0.2) is 12.4 Å². The van der Waals surface area contributed by atoms with Crippen molar-refractivity contribution in [2.45, 2.75) is 245 Å².